The number of hydrogen-bond acceptors (Lipinski definition) is 3. The smallest absolute Gasteiger partial charge is 0.245 e. The molecular formula is C17H19N3O2S. The number of rotatable bonds is 3. The Bertz CT molecular complexity index is 892. The van der Waals surface area contributed by atoms with Crippen molar-refractivity contribution in [2.75, 3.05) is 4.31 Å². The zero-order valence-corrected chi connectivity index (χ0v) is 14.1. The topological polar surface area (TPSA) is 66.1 Å². The summed E-state index contributed by atoms with van der Waals surface area (Å²) in [7, 11) is -3.62. The van der Waals surface area contributed by atoms with Gasteiger partial charge in [-0.05, 0) is 51.1 Å². The van der Waals surface area contributed by atoms with Crippen LogP contribution in [0.3, 0.4) is 0 Å². The van der Waals surface area contributed by atoms with Crippen LogP contribution in [0.5, 0.6) is 0 Å². The number of H-pyrrole nitrogens is 1. The molecule has 2 aromatic heterocycles. The highest BCUT2D eigenvalue weighted by atomic mass is 32.2. The maximum atomic E-state index is 13.1. The summed E-state index contributed by atoms with van der Waals surface area (Å²) >= 11 is 0. The van der Waals surface area contributed by atoms with Crippen molar-refractivity contribution < 1.29 is 8.42 Å². The van der Waals surface area contributed by atoms with Crippen molar-refractivity contribution >= 4 is 32.6 Å². The van der Waals surface area contributed by atoms with Crippen molar-refractivity contribution in [1.29, 1.82) is 0 Å². The molecule has 3 rings (SSSR count). The summed E-state index contributed by atoms with van der Waals surface area (Å²) in [6.07, 6.45) is 1.67. The zero-order valence-electron chi connectivity index (χ0n) is 13.3. The van der Waals surface area contributed by atoms with Gasteiger partial charge in [-0.2, -0.15) is 0 Å². The maximum absolute atomic E-state index is 13.1. The third-order valence-corrected chi connectivity index (χ3v) is 6.04. The lowest BCUT2D eigenvalue weighted by atomic mass is 10.3. The van der Waals surface area contributed by atoms with Crippen LogP contribution < -0.4 is 4.31 Å². The van der Waals surface area contributed by atoms with E-state index >= 15 is 0 Å². The molecule has 0 atom stereocenters. The second-order valence-corrected chi connectivity index (χ2v) is 8.85. The van der Waals surface area contributed by atoms with Crippen LogP contribution in [-0.2, 0) is 10.0 Å². The Kier molecular flexibility index (Phi) is 3.64. The zero-order chi connectivity index (χ0) is 16.7. The first-order valence-electron chi connectivity index (χ1n) is 7.34. The number of aromatic amines is 1. The van der Waals surface area contributed by atoms with Crippen molar-refractivity contribution in [2.24, 2.45) is 0 Å². The molecule has 0 radical (unpaired) electrons. The van der Waals surface area contributed by atoms with Crippen LogP contribution in [0.15, 0.2) is 54.7 Å². The molecule has 0 amide bonds. The van der Waals surface area contributed by atoms with Crippen LogP contribution in [0.4, 0.5) is 11.5 Å². The number of anilines is 2. The fourth-order valence-corrected chi connectivity index (χ4v) is 3.60. The molecule has 0 aliphatic heterocycles. The third kappa shape index (κ3) is 2.70. The first-order valence-corrected chi connectivity index (χ1v) is 8.78. The minimum absolute atomic E-state index is 0.486. The van der Waals surface area contributed by atoms with Gasteiger partial charge in [-0.1, -0.05) is 18.2 Å². The summed E-state index contributed by atoms with van der Waals surface area (Å²) in [6.45, 7) is 5.08. The molecule has 23 heavy (non-hydrogen) atoms. The maximum Gasteiger partial charge on any atom is 0.245 e. The van der Waals surface area contributed by atoms with Gasteiger partial charge in [-0.3, -0.25) is 0 Å². The molecule has 6 heteroatoms. The van der Waals surface area contributed by atoms with E-state index in [-0.39, 0.29) is 0 Å². The molecule has 0 saturated carbocycles. The van der Waals surface area contributed by atoms with Gasteiger partial charge in [0.2, 0.25) is 10.0 Å². The van der Waals surface area contributed by atoms with E-state index in [2.05, 4.69) is 9.97 Å². The van der Waals surface area contributed by atoms with Crippen LogP contribution in [-0.4, -0.2) is 23.1 Å². The quantitative estimate of drug-likeness (QED) is 0.794. The molecule has 0 aliphatic carbocycles. The summed E-state index contributed by atoms with van der Waals surface area (Å²) in [5, 5.41) is 0.868. The molecule has 1 aromatic carbocycles. The van der Waals surface area contributed by atoms with Crippen molar-refractivity contribution in [2.45, 2.75) is 25.5 Å². The number of aromatic nitrogens is 2. The van der Waals surface area contributed by atoms with Crippen molar-refractivity contribution in [3.63, 3.8) is 0 Å². The van der Waals surface area contributed by atoms with Crippen LogP contribution in [0.25, 0.3) is 11.0 Å². The summed E-state index contributed by atoms with van der Waals surface area (Å²) in [5.74, 6) is 0.486. The second-order valence-electron chi connectivity index (χ2n) is 6.31. The fraction of sp³-hybridized carbons (Fsp3) is 0.235. The number of nitrogens with one attached hydrogen (secondary N) is 1. The largest absolute Gasteiger partial charge is 0.325 e. The van der Waals surface area contributed by atoms with E-state index in [0.29, 0.717) is 17.2 Å². The standard InChI is InChI=1S/C17H19N3O2S/c1-17(2,3)23(21,22)20(14-9-5-4-6-10-14)15-12-13-8-7-11-18-16(13)19-15/h4-12H,1-3H3,(H,18,19). The highest BCUT2D eigenvalue weighted by Crippen LogP contribution is 2.34. The van der Waals surface area contributed by atoms with Crippen molar-refractivity contribution in [3.8, 4) is 0 Å². The molecule has 120 valence electrons. The average Bonchev–Trinajstić information content (AvgIpc) is 2.90. The van der Waals surface area contributed by atoms with E-state index < -0.39 is 14.8 Å². The Labute approximate surface area is 136 Å². The van der Waals surface area contributed by atoms with Gasteiger partial charge in [0.15, 0.2) is 0 Å². The van der Waals surface area contributed by atoms with Crippen molar-refractivity contribution in [1.82, 2.24) is 9.97 Å². The van der Waals surface area contributed by atoms with Crippen LogP contribution in [0, 0.1) is 0 Å². The lowest BCUT2D eigenvalue weighted by Crippen LogP contribution is -2.40. The highest BCUT2D eigenvalue weighted by molar-refractivity contribution is 7.94. The number of hydrogen-bond donors (Lipinski definition) is 1. The molecule has 0 unspecified atom stereocenters. The Balaban J connectivity index is 2.24. The normalized spacial score (nSPS) is 12.5. The number of sulfonamides is 1. The molecule has 2 heterocycles. The number of pyridine rings is 1. The summed E-state index contributed by atoms with van der Waals surface area (Å²) in [5.41, 5.74) is 1.25. The van der Waals surface area contributed by atoms with E-state index in [4.69, 9.17) is 0 Å². The summed E-state index contributed by atoms with van der Waals surface area (Å²) in [4.78, 5) is 7.35. The highest BCUT2D eigenvalue weighted by Gasteiger charge is 2.37. The third-order valence-electron chi connectivity index (χ3n) is 3.60. The molecular weight excluding hydrogens is 310 g/mol. The first kappa shape index (κ1) is 15.6. The minimum Gasteiger partial charge on any atom is -0.325 e. The van der Waals surface area contributed by atoms with Gasteiger partial charge >= 0.3 is 0 Å². The number of nitrogens with zero attached hydrogens (tertiary/aromatic N) is 2. The molecule has 0 fully saturated rings. The summed E-state index contributed by atoms with van der Waals surface area (Å²) in [6, 6.07) is 14.6. The van der Waals surface area contributed by atoms with Gasteiger partial charge < -0.3 is 4.98 Å². The molecule has 0 bridgehead atoms. The van der Waals surface area contributed by atoms with E-state index in [1.54, 1.807) is 45.2 Å². The van der Waals surface area contributed by atoms with Crippen LogP contribution in [0.1, 0.15) is 20.8 Å². The molecule has 0 saturated heterocycles. The molecule has 0 aliphatic rings. The van der Waals surface area contributed by atoms with E-state index in [1.807, 2.05) is 30.3 Å². The van der Waals surface area contributed by atoms with Crippen LogP contribution in [0.2, 0.25) is 0 Å². The Morgan fingerprint density at radius 1 is 1.04 bits per heavy atom. The molecule has 1 N–H and O–H groups in total. The van der Waals surface area contributed by atoms with Gasteiger partial charge in [-0.25, -0.2) is 17.7 Å². The Morgan fingerprint density at radius 3 is 2.35 bits per heavy atom. The Hall–Kier alpha value is -2.34. The van der Waals surface area contributed by atoms with Crippen LogP contribution >= 0.6 is 0 Å². The average molecular weight is 329 g/mol. The van der Waals surface area contributed by atoms with Gasteiger partial charge in [-0.15, -0.1) is 0 Å². The van der Waals surface area contributed by atoms with Gasteiger partial charge in [0, 0.05) is 11.6 Å². The van der Waals surface area contributed by atoms with E-state index in [1.165, 1.54) is 4.31 Å². The van der Waals surface area contributed by atoms with Gasteiger partial charge in [0.1, 0.15) is 11.5 Å². The summed E-state index contributed by atoms with van der Waals surface area (Å²) < 4.78 is 26.6. The Morgan fingerprint density at radius 2 is 1.74 bits per heavy atom. The predicted octanol–water partition coefficient (Wildman–Crippen LogP) is 3.83. The predicted molar refractivity (Wildman–Crippen MR) is 93.3 cm³/mol. The number of para-hydroxylation sites is 1. The van der Waals surface area contributed by atoms with E-state index in [9.17, 15) is 8.42 Å². The molecule has 0 spiro atoms. The molecule has 5 nitrogen and oxygen atoms in total. The minimum atomic E-state index is -3.62. The molecule has 3 aromatic rings. The lowest BCUT2D eigenvalue weighted by Gasteiger charge is -2.30. The second kappa shape index (κ2) is 5.38. The van der Waals surface area contributed by atoms with E-state index in [0.717, 1.165) is 5.39 Å². The van der Waals surface area contributed by atoms with Gasteiger partial charge in [0.25, 0.3) is 0 Å². The van der Waals surface area contributed by atoms with Gasteiger partial charge in [0.05, 0.1) is 10.4 Å². The SMILES string of the molecule is CC(C)(C)S(=O)(=O)N(c1ccccc1)c1cc2cccnc2[nH]1. The fourth-order valence-electron chi connectivity index (χ4n) is 2.30. The number of benzene rings is 1. The van der Waals surface area contributed by atoms with Crippen molar-refractivity contribution in [3.05, 3.63) is 54.7 Å². The monoisotopic (exact) mass is 329 g/mol. The first-order chi connectivity index (χ1) is 10.8. The number of fused-ring (bicyclic) bond motifs is 1. The lowest BCUT2D eigenvalue weighted by molar-refractivity contribution is 0.560.